The number of carbonyl (C=O) groups is 1. The number of rotatable bonds is 5. The summed E-state index contributed by atoms with van der Waals surface area (Å²) in [6, 6.07) is 5.90. The molecule has 1 aromatic heterocycles. The molecule has 112 valence electrons. The van der Waals surface area contributed by atoms with E-state index >= 15 is 0 Å². The van der Waals surface area contributed by atoms with E-state index in [4.69, 9.17) is 15.2 Å². The number of esters is 1. The van der Waals surface area contributed by atoms with Crippen LogP contribution in [0.15, 0.2) is 24.4 Å². The molecule has 21 heavy (non-hydrogen) atoms. The molecule has 1 heterocycles. The predicted molar refractivity (Wildman–Crippen MR) is 79.4 cm³/mol. The lowest BCUT2D eigenvalue weighted by atomic mass is 10.1. The van der Waals surface area contributed by atoms with E-state index in [2.05, 4.69) is 5.10 Å². The van der Waals surface area contributed by atoms with Gasteiger partial charge in [-0.05, 0) is 19.9 Å². The quantitative estimate of drug-likeness (QED) is 0.852. The van der Waals surface area contributed by atoms with Crippen LogP contribution in [0.25, 0.3) is 0 Å². The molecule has 0 aliphatic carbocycles. The standard InChI is InChI=1S/C15H19N3O3/c1-4-21-15(19)14-12(16)9-18(17-14)8-11-7-10(2)5-6-13(11)20-3/h5-7,9H,4,8,16H2,1-3H3. The van der Waals surface area contributed by atoms with Gasteiger partial charge in [-0.25, -0.2) is 4.79 Å². The second kappa shape index (κ2) is 6.30. The minimum Gasteiger partial charge on any atom is -0.496 e. The van der Waals surface area contributed by atoms with Crippen molar-refractivity contribution in [2.24, 2.45) is 0 Å². The van der Waals surface area contributed by atoms with Crippen molar-refractivity contribution in [1.82, 2.24) is 9.78 Å². The first kappa shape index (κ1) is 14.9. The van der Waals surface area contributed by atoms with E-state index in [1.165, 1.54) is 0 Å². The fraction of sp³-hybridized carbons (Fsp3) is 0.333. The Bertz CT molecular complexity index is 650. The zero-order valence-electron chi connectivity index (χ0n) is 12.4. The molecule has 0 spiro atoms. The second-order valence-electron chi connectivity index (χ2n) is 4.67. The Morgan fingerprint density at radius 2 is 2.19 bits per heavy atom. The van der Waals surface area contributed by atoms with Crippen molar-refractivity contribution in [1.29, 1.82) is 0 Å². The summed E-state index contributed by atoms with van der Waals surface area (Å²) in [6.07, 6.45) is 1.62. The number of anilines is 1. The Kier molecular flexibility index (Phi) is 4.47. The number of aryl methyl sites for hydroxylation is 1. The molecule has 0 atom stereocenters. The van der Waals surface area contributed by atoms with Gasteiger partial charge in [0, 0.05) is 11.8 Å². The molecule has 0 amide bonds. The number of methoxy groups -OCH3 is 1. The molecule has 0 unspecified atom stereocenters. The first-order chi connectivity index (χ1) is 10.0. The zero-order chi connectivity index (χ0) is 15.4. The van der Waals surface area contributed by atoms with E-state index < -0.39 is 5.97 Å². The van der Waals surface area contributed by atoms with Crippen LogP contribution in [0.3, 0.4) is 0 Å². The highest BCUT2D eigenvalue weighted by atomic mass is 16.5. The lowest BCUT2D eigenvalue weighted by molar-refractivity contribution is 0.0519. The summed E-state index contributed by atoms with van der Waals surface area (Å²) in [5.41, 5.74) is 8.35. The van der Waals surface area contributed by atoms with E-state index in [1.54, 1.807) is 24.9 Å². The van der Waals surface area contributed by atoms with E-state index in [0.717, 1.165) is 16.9 Å². The average Bonchev–Trinajstić information content (AvgIpc) is 2.80. The van der Waals surface area contributed by atoms with E-state index in [9.17, 15) is 4.79 Å². The van der Waals surface area contributed by atoms with Gasteiger partial charge in [0.05, 0.1) is 25.9 Å². The Morgan fingerprint density at radius 3 is 2.86 bits per heavy atom. The number of hydrogen-bond acceptors (Lipinski definition) is 5. The maximum absolute atomic E-state index is 11.7. The molecule has 2 N–H and O–H groups in total. The van der Waals surface area contributed by atoms with Gasteiger partial charge < -0.3 is 15.2 Å². The van der Waals surface area contributed by atoms with Crippen LogP contribution >= 0.6 is 0 Å². The van der Waals surface area contributed by atoms with Gasteiger partial charge in [0.15, 0.2) is 5.69 Å². The van der Waals surface area contributed by atoms with Gasteiger partial charge in [-0.2, -0.15) is 5.10 Å². The maximum atomic E-state index is 11.7. The lowest BCUT2D eigenvalue weighted by Crippen LogP contribution is -2.09. The van der Waals surface area contributed by atoms with Crippen LogP contribution in [0, 0.1) is 6.92 Å². The minimum absolute atomic E-state index is 0.142. The number of hydrogen-bond donors (Lipinski definition) is 1. The van der Waals surface area contributed by atoms with Gasteiger partial charge in [0.2, 0.25) is 0 Å². The van der Waals surface area contributed by atoms with Crippen LogP contribution in [0.1, 0.15) is 28.5 Å². The van der Waals surface area contributed by atoms with Gasteiger partial charge in [0.1, 0.15) is 5.75 Å². The van der Waals surface area contributed by atoms with Gasteiger partial charge in [-0.3, -0.25) is 4.68 Å². The van der Waals surface area contributed by atoms with Crippen molar-refractivity contribution in [2.75, 3.05) is 19.5 Å². The summed E-state index contributed by atoms with van der Waals surface area (Å²) in [5.74, 6) is 0.261. The van der Waals surface area contributed by atoms with Crippen LogP contribution < -0.4 is 10.5 Å². The smallest absolute Gasteiger partial charge is 0.361 e. The molecule has 1 aromatic carbocycles. The van der Waals surface area contributed by atoms with Crippen molar-refractivity contribution in [3.8, 4) is 5.75 Å². The highest BCUT2D eigenvalue weighted by molar-refractivity contribution is 5.92. The Hall–Kier alpha value is -2.50. The largest absolute Gasteiger partial charge is 0.496 e. The molecule has 2 rings (SSSR count). The van der Waals surface area contributed by atoms with Crippen LogP contribution in [0.5, 0.6) is 5.75 Å². The number of benzene rings is 1. The van der Waals surface area contributed by atoms with Crippen LogP contribution in [0.4, 0.5) is 5.69 Å². The number of ether oxygens (including phenoxy) is 2. The van der Waals surface area contributed by atoms with E-state index in [0.29, 0.717) is 12.2 Å². The maximum Gasteiger partial charge on any atom is 0.361 e. The minimum atomic E-state index is -0.509. The summed E-state index contributed by atoms with van der Waals surface area (Å²) in [4.78, 5) is 11.7. The van der Waals surface area contributed by atoms with Crippen LogP contribution in [0.2, 0.25) is 0 Å². The fourth-order valence-electron chi connectivity index (χ4n) is 2.08. The van der Waals surface area contributed by atoms with E-state index in [-0.39, 0.29) is 12.3 Å². The van der Waals surface area contributed by atoms with Gasteiger partial charge >= 0.3 is 5.97 Å². The fourth-order valence-corrected chi connectivity index (χ4v) is 2.08. The third-order valence-corrected chi connectivity index (χ3v) is 3.03. The molecule has 0 fully saturated rings. The monoisotopic (exact) mass is 289 g/mol. The molecular weight excluding hydrogens is 270 g/mol. The Balaban J connectivity index is 2.26. The predicted octanol–water partition coefficient (Wildman–Crippen LogP) is 2.01. The molecular formula is C15H19N3O3. The molecule has 0 aliphatic rings. The normalized spacial score (nSPS) is 10.4. The highest BCUT2D eigenvalue weighted by Crippen LogP contribution is 2.21. The molecule has 6 heteroatoms. The zero-order valence-corrected chi connectivity index (χ0v) is 12.4. The van der Waals surface area contributed by atoms with Crippen molar-refractivity contribution in [3.63, 3.8) is 0 Å². The topological polar surface area (TPSA) is 79.4 Å². The summed E-state index contributed by atoms with van der Waals surface area (Å²) in [5, 5.41) is 4.19. The molecule has 0 aliphatic heterocycles. The Morgan fingerprint density at radius 1 is 1.43 bits per heavy atom. The molecule has 0 radical (unpaired) electrons. The van der Waals surface area contributed by atoms with Gasteiger partial charge in [0.25, 0.3) is 0 Å². The van der Waals surface area contributed by atoms with Gasteiger partial charge in [-0.15, -0.1) is 0 Å². The number of aromatic nitrogens is 2. The number of carbonyl (C=O) groups excluding carboxylic acids is 1. The third-order valence-electron chi connectivity index (χ3n) is 3.03. The first-order valence-electron chi connectivity index (χ1n) is 6.68. The summed E-state index contributed by atoms with van der Waals surface area (Å²) < 4.78 is 11.9. The van der Waals surface area contributed by atoms with Crippen molar-refractivity contribution in [3.05, 3.63) is 41.2 Å². The summed E-state index contributed by atoms with van der Waals surface area (Å²) in [7, 11) is 1.62. The molecule has 2 aromatic rings. The lowest BCUT2D eigenvalue weighted by Gasteiger charge is -2.09. The second-order valence-corrected chi connectivity index (χ2v) is 4.67. The number of nitrogens with zero attached hydrogens (tertiary/aromatic N) is 2. The number of nitrogens with two attached hydrogens (primary N) is 1. The molecule has 0 saturated heterocycles. The highest BCUT2D eigenvalue weighted by Gasteiger charge is 2.16. The van der Waals surface area contributed by atoms with Gasteiger partial charge in [-0.1, -0.05) is 17.7 Å². The third kappa shape index (κ3) is 3.34. The average molecular weight is 289 g/mol. The Labute approximate surface area is 123 Å². The van der Waals surface area contributed by atoms with Crippen molar-refractivity contribution < 1.29 is 14.3 Å². The van der Waals surface area contributed by atoms with Crippen molar-refractivity contribution in [2.45, 2.75) is 20.4 Å². The first-order valence-corrected chi connectivity index (χ1v) is 6.68. The molecule has 6 nitrogen and oxygen atoms in total. The molecule has 0 saturated carbocycles. The van der Waals surface area contributed by atoms with Crippen molar-refractivity contribution >= 4 is 11.7 Å². The summed E-state index contributed by atoms with van der Waals surface area (Å²) in [6.45, 7) is 4.50. The van der Waals surface area contributed by atoms with E-state index in [1.807, 2.05) is 25.1 Å². The van der Waals surface area contributed by atoms with Crippen LogP contribution in [-0.2, 0) is 11.3 Å². The SMILES string of the molecule is CCOC(=O)c1nn(Cc2cc(C)ccc2OC)cc1N. The molecule has 0 bridgehead atoms. The van der Waals surface area contributed by atoms with Crippen LogP contribution in [-0.4, -0.2) is 29.5 Å². The number of nitrogen functional groups attached to an aromatic ring is 1. The summed E-state index contributed by atoms with van der Waals surface area (Å²) >= 11 is 0.